The Bertz CT molecular complexity index is 206. The van der Waals surface area contributed by atoms with E-state index in [2.05, 4.69) is 6.58 Å². The monoisotopic (exact) mass is 307 g/mol. The van der Waals surface area contributed by atoms with Crippen LogP contribution < -0.4 is 0 Å². The van der Waals surface area contributed by atoms with E-state index >= 15 is 0 Å². The van der Waals surface area contributed by atoms with Gasteiger partial charge in [-0.2, -0.15) is 0 Å². The maximum atomic E-state index is 9.18. The summed E-state index contributed by atoms with van der Waals surface area (Å²) in [5.41, 5.74) is 0. The van der Waals surface area contributed by atoms with Crippen molar-refractivity contribution in [2.45, 2.75) is 103 Å². The highest BCUT2D eigenvalue weighted by atomic mass is 16.2. The van der Waals surface area contributed by atoms with Crippen LogP contribution in [0, 0.1) is 11.8 Å². The molecular weight excluding hydrogens is 268 g/mol. The van der Waals surface area contributed by atoms with Crippen molar-refractivity contribution in [2.75, 3.05) is 6.61 Å². The van der Waals surface area contributed by atoms with Crippen LogP contribution in [0.2, 0.25) is 0 Å². The van der Waals surface area contributed by atoms with Crippen LogP contribution in [0.3, 0.4) is 0 Å². The zero-order chi connectivity index (χ0) is 15.9. The van der Waals surface area contributed by atoms with E-state index in [0.717, 1.165) is 11.8 Å². The first-order valence-corrected chi connectivity index (χ1v) is 10.1. The molecule has 0 aliphatic heterocycles. The fourth-order valence-electron chi connectivity index (χ4n) is 4.27. The van der Waals surface area contributed by atoms with E-state index in [1.54, 1.807) is 25.7 Å². The van der Waals surface area contributed by atoms with Gasteiger partial charge in [-0.3, -0.25) is 0 Å². The minimum Gasteiger partial charge on any atom is -0.232 e. The quantitative estimate of drug-likeness (QED) is 0.485. The average Bonchev–Trinajstić information content (AvgIpc) is 2.77. The summed E-state index contributed by atoms with van der Waals surface area (Å²) in [4.78, 5) is 0. The summed E-state index contributed by atoms with van der Waals surface area (Å²) < 4.78 is 0. The molecule has 0 unspecified atom stereocenters. The molecule has 1 nitrogen and oxygen atoms in total. The summed E-state index contributed by atoms with van der Waals surface area (Å²) >= 11 is 0. The molecule has 0 N–H and O–H groups in total. The van der Waals surface area contributed by atoms with E-state index in [1.165, 1.54) is 83.1 Å². The summed E-state index contributed by atoms with van der Waals surface area (Å²) in [6, 6.07) is 0. The molecular formula is C21H39O. The highest BCUT2D eigenvalue weighted by Gasteiger charge is 2.21. The molecule has 0 aromatic heterocycles. The van der Waals surface area contributed by atoms with Crippen molar-refractivity contribution in [2.24, 2.45) is 11.8 Å². The standard InChI is InChI=1S/C18H34.C3H5O/c1-2-6-10-14-17(13-9-5-1)18-15-11-7-3-4-8-12-16-18;1-2-3-4/h17-18H,1-16H2;2H,1,3H2. The van der Waals surface area contributed by atoms with Gasteiger partial charge < -0.3 is 0 Å². The highest BCUT2D eigenvalue weighted by molar-refractivity contribution is 4.73. The van der Waals surface area contributed by atoms with Crippen molar-refractivity contribution >= 4 is 0 Å². The largest absolute Gasteiger partial charge is 0.232 e. The smallest absolute Gasteiger partial charge is 0.100 e. The van der Waals surface area contributed by atoms with Crippen LogP contribution in [0.4, 0.5) is 0 Å². The van der Waals surface area contributed by atoms with Gasteiger partial charge in [-0.25, -0.2) is 5.11 Å². The van der Waals surface area contributed by atoms with Gasteiger partial charge in [0, 0.05) is 0 Å². The Hall–Kier alpha value is -0.300. The molecule has 1 heteroatoms. The van der Waals surface area contributed by atoms with Crippen molar-refractivity contribution in [1.29, 1.82) is 0 Å². The van der Waals surface area contributed by atoms with Gasteiger partial charge >= 0.3 is 0 Å². The summed E-state index contributed by atoms with van der Waals surface area (Å²) in [5.74, 6) is 2.20. The number of hydrogen-bond acceptors (Lipinski definition) is 0. The SMILES string of the molecule is C1CCCCC(C2CCCCCCCC2)CCC1.C=CC[O]. The fraction of sp³-hybridized carbons (Fsp3) is 0.905. The van der Waals surface area contributed by atoms with Crippen LogP contribution in [0.1, 0.15) is 103 Å². The zero-order valence-corrected chi connectivity index (χ0v) is 14.9. The Morgan fingerprint density at radius 2 is 0.818 bits per heavy atom. The molecule has 0 heterocycles. The summed E-state index contributed by atoms with van der Waals surface area (Å²) in [7, 11) is 0. The van der Waals surface area contributed by atoms with Gasteiger partial charge in [-0.15, -0.1) is 6.58 Å². The molecule has 0 bridgehead atoms. The molecule has 0 aromatic rings. The third-order valence-corrected chi connectivity index (χ3v) is 5.58. The first-order valence-electron chi connectivity index (χ1n) is 10.1. The van der Waals surface area contributed by atoms with Crippen molar-refractivity contribution in [3.05, 3.63) is 12.7 Å². The molecule has 2 fully saturated rings. The van der Waals surface area contributed by atoms with Gasteiger partial charge in [-0.1, -0.05) is 109 Å². The first kappa shape index (κ1) is 19.7. The van der Waals surface area contributed by atoms with Gasteiger partial charge in [0.15, 0.2) is 0 Å². The maximum absolute atomic E-state index is 9.18. The van der Waals surface area contributed by atoms with Gasteiger partial charge in [0.05, 0.1) is 0 Å². The fourth-order valence-corrected chi connectivity index (χ4v) is 4.27. The molecule has 22 heavy (non-hydrogen) atoms. The Labute approximate surface area is 139 Å². The molecule has 0 amide bonds. The van der Waals surface area contributed by atoms with Crippen LogP contribution in [0.25, 0.3) is 0 Å². The number of hydrogen-bond donors (Lipinski definition) is 0. The van der Waals surface area contributed by atoms with E-state index in [1.807, 2.05) is 0 Å². The lowest BCUT2D eigenvalue weighted by atomic mass is 9.79. The molecule has 0 saturated heterocycles. The van der Waals surface area contributed by atoms with Gasteiger partial charge in [-0.05, 0) is 11.8 Å². The minimum atomic E-state index is -0.167. The third kappa shape index (κ3) is 9.66. The Morgan fingerprint density at radius 1 is 0.591 bits per heavy atom. The van der Waals surface area contributed by atoms with Crippen molar-refractivity contribution in [3.8, 4) is 0 Å². The lowest BCUT2D eigenvalue weighted by molar-refractivity contribution is 0.232. The second kappa shape index (κ2) is 14.3. The molecule has 2 aliphatic carbocycles. The Kier molecular flexibility index (Phi) is 12.8. The van der Waals surface area contributed by atoms with E-state index in [-0.39, 0.29) is 6.61 Å². The van der Waals surface area contributed by atoms with Crippen LogP contribution in [0.5, 0.6) is 0 Å². The molecule has 1 radical (unpaired) electrons. The first-order chi connectivity index (χ1) is 10.9. The third-order valence-electron chi connectivity index (χ3n) is 5.58. The summed E-state index contributed by atoms with van der Waals surface area (Å²) in [6.45, 7) is 3.00. The minimum absolute atomic E-state index is 0.167. The molecule has 2 saturated carbocycles. The van der Waals surface area contributed by atoms with E-state index in [4.69, 9.17) is 0 Å². The highest BCUT2D eigenvalue weighted by Crippen LogP contribution is 2.35. The van der Waals surface area contributed by atoms with E-state index in [9.17, 15) is 5.11 Å². The summed E-state index contributed by atoms with van der Waals surface area (Å²) in [6.07, 6.45) is 25.8. The summed E-state index contributed by atoms with van der Waals surface area (Å²) in [5, 5.41) is 9.18. The maximum Gasteiger partial charge on any atom is 0.100 e. The second-order valence-electron chi connectivity index (χ2n) is 7.37. The predicted octanol–water partition coefficient (Wildman–Crippen LogP) is 7.09. The topological polar surface area (TPSA) is 19.9 Å². The molecule has 129 valence electrons. The van der Waals surface area contributed by atoms with Crippen molar-refractivity contribution < 1.29 is 5.11 Å². The molecule has 0 atom stereocenters. The molecule has 2 aliphatic rings. The second-order valence-corrected chi connectivity index (χ2v) is 7.37. The van der Waals surface area contributed by atoms with E-state index in [0.29, 0.717) is 0 Å². The average molecular weight is 308 g/mol. The Balaban J connectivity index is 0.000000541. The van der Waals surface area contributed by atoms with Crippen molar-refractivity contribution in [1.82, 2.24) is 0 Å². The normalized spacial score (nSPS) is 23.5. The van der Waals surface area contributed by atoms with Gasteiger partial charge in [0.25, 0.3) is 0 Å². The van der Waals surface area contributed by atoms with Gasteiger partial charge in [0.2, 0.25) is 0 Å². The van der Waals surface area contributed by atoms with Crippen LogP contribution in [-0.2, 0) is 5.11 Å². The molecule has 0 aromatic carbocycles. The van der Waals surface area contributed by atoms with Crippen LogP contribution in [-0.4, -0.2) is 6.61 Å². The zero-order valence-electron chi connectivity index (χ0n) is 14.9. The van der Waals surface area contributed by atoms with Crippen molar-refractivity contribution in [3.63, 3.8) is 0 Å². The van der Waals surface area contributed by atoms with Gasteiger partial charge in [0.1, 0.15) is 6.61 Å². The van der Waals surface area contributed by atoms with E-state index < -0.39 is 0 Å². The van der Waals surface area contributed by atoms with Crippen LogP contribution >= 0.6 is 0 Å². The number of rotatable bonds is 2. The van der Waals surface area contributed by atoms with Crippen LogP contribution in [0.15, 0.2) is 12.7 Å². The molecule has 2 rings (SSSR count). The lowest BCUT2D eigenvalue weighted by Gasteiger charge is -2.27. The Morgan fingerprint density at radius 3 is 1.05 bits per heavy atom. The predicted molar refractivity (Wildman–Crippen MR) is 96.6 cm³/mol. The molecule has 0 spiro atoms. The lowest BCUT2D eigenvalue weighted by Crippen LogP contribution is -2.15.